The van der Waals surface area contributed by atoms with E-state index < -0.39 is 0 Å². The van der Waals surface area contributed by atoms with Gasteiger partial charge < -0.3 is 9.64 Å². The average Bonchev–Trinajstić information content (AvgIpc) is 2.44. The number of β-lactam (4-membered cyclic amide) rings is 1. The minimum absolute atomic E-state index is 0.0347. The maximum absolute atomic E-state index is 11.7. The van der Waals surface area contributed by atoms with Crippen molar-refractivity contribution in [1.29, 1.82) is 0 Å². The number of hydrogen-bond acceptors (Lipinski definition) is 3. The van der Waals surface area contributed by atoms with Gasteiger partial charge >= 0.3 is 0 Å². The fourth-order valence-electron chi connectivity index (χ4n) is 2.83. The van der Waals surface area contributed by atoms with Gasteiger partial charge in [-0.05, 0) is 18.8 Å². The van der Waals surface area contributed by atoms with Crippen LogP contribution in [0.3, 0.4) is 0 Å². The van der Waals surface area contributed by atoms with Gasteiger partial charge in [-0.2, -0.15) is 0 Å². The number of amides is 1. The van der Waals surface area contributed by atoms with E-state index in [2.05, 4.69) is 6.92 Å². The van der Waals surface area contributed by atoms with Gasteiger partial charge in [-0.3, -0.25) is 4.79 Å². The molecule has 78 valence electrons. The molecule has 0 radical (unpaired) electrons. The van der Waals surface area contributed by atoms with Crippen LogP contribution in [0, 0.1) is 5.92 Å². The fraction of sp³-hybridized carbons (Fsp3) is 0.900. The third-order valence-electron chi connectivity index (χ3n) is 3.56. The van der Waals surface area contributed by atoms with Gasteiger partial charge in [0.15, 0.2) is 6.10 Å². The predicted molar refractivity (Wildman–Crippen MR) is 55.0 cm³/mol. The number of ether oxygens (including phenoxy) is 1. The van der Waals surface area contributed by atoms with Crippen LogP contribution in [0.15, 0.2) is 0 Å². The van der Waals surface area contributed by atoms with Crippen LogP contribution in [0.25, 0.3) is 0 Å². The van der Waals surface area contributed by atoms with Gasteiger partial charge in [-0.25, -0.2) is 0 Å². The summed E-state index contributed by atoms with van der Waals surface area (Å²) in [5, 5.41) is 0. The maximum atomic E-state index is 11.7. The van der Waals surface area contributed by atoms with Gasteiger partial charge in [0.2, 0.25) is 0 Å². The molecule has 0 bridgehead atoms. The second-order valence-corrected chi connectivity index (χ2v) is 5.94. The van der Waals surface area contributed by atoms with E-state index in [1.54, 1.807) is 0 Å². The predicted octanol–water partition coefficient (Wildman–Crippen LogP) is 1.09. The van der Waals surface area contributed by atoms with Crippen LogP contribution in [0.5, 0.6) is 0 Å². The molecule has 1 amide bonds. The van der Waals surface area contributed by atoms with E-state index in [4.69, 9.17) is 4.74 Å². The highest BCUT2D eigenvalue weighted by Gasteiger charge is 2.64. The smallest absolute Gasteiger partial charge is 0.256 e. The van der Waals surface area contributed by atoms with Crippen molar-refractivity contribution in [1.82, 2.24) is 4.90 Å². The van der Waals surface area contributed by atoms with E-state index in [0.717, 1.165) is 31.7 Å². The van der Waals surface area contributed by atoms with Gasteiger partial charge in [0.25, 0.3) is 5.91 Å². The van der Waals surface area contributed by atoms with Crippen LogP contribution >= 0.6 is 11.8 Å². The van der Waals surface area contributed by atoms with E-state index in [1.165, 1.54) is 0 Å². The van der Waals surface area contributed by atoms with Crippen LogP contribution in [0.4, 0.5) is 0 Å². The van der Waals surface area contributed by atoms with Gasteiger partial charge in [0, 0.05) is 18.9 Å². The van der Waals surface area contributed by atoms with Gasteiger partial charge in [-0.1, -0.05) is 6.92 Å². The zero-order valence-corrected chi connectivity index (χ0v) is 9.18. The summed E-state index contributed by atoms with van der Waals surface area (Å²) in [5.74, 6) is 1.99. The third kappa shape index (κ3) is 0.959. The SMILES string of the molecule is C[C@H]1CCO[C@H]2C(=O)N3CCS[C@]23C1. The molecule has 3 fully saturated rings. The molecule has 3 heterocycles. The molecule has 3 aliphatic heterocycles. The summed E-state index contributed by atoms with van der Waals surface area (Å²) in [6.07, 6.45) is 2.09. The Balaban J connectivity index is 1.91. The second-order valence-electron chi connectivity index (χ2n) is 4.53. The molecule has 0 saturated carbocycles. The zero-order chi connectivity index (χ0) is 9.76. The summed E-state index contributed by atoms with van der Waals surface area (Å²) in [5.41, 5.74) is 0. The molecule has 0 unspecified atom stereocenters. The van der Waals surface area contributed by atoms with Crippen molar-refractivity contribution in [3.63, 3.8) is 0 Å². The summed E-state index contributed by atoms with van der Waals surface area (Å²) in [7, 11) is 0. The lowest BCUT2D eigenvalue weighted by Gasteiger charge is -2.51. The van der Waals surface area contributed by atoms with Crippen molar-refractivity contribution in [2.24, 2.45) is 5.92 Å². The van der Waals surface area contributed by atoms with Crippen molar-refractivity contribution in [2.45, 2.75) is 30.7 Å². The molecular formula is C10H15NO2S. The van der Waals surface area contributed by atoms with Crippen molar-refractivity contribution < 1.29 is 9.53 Å². The van der Waals surface area contributed by atoms with Crippen molar-refractivity contribution in [3.8, 4) is 0 Å². The zero-order valence-electron chi connectivity index (χ0n) is 8.36. The van der Waals surface area contributed by atoms with Crippen LogP contribution in [0.1, 0.15) is 19.8 Å². The van der Waals surface area contributed by atoms with Crippen molar-refractivity contribution in [3.05, 3.63) is 0 Å². The Morgan fingerprint density at radius 3 is 3.36 bits per heavy atom. The summed E-state index contributed by atoms with van der Waals surface area (Å²) >= 11 is 1.92. The standard InChI is InChI=1S/C10H15NO2S/c1-7-2-4-13-8-9(12)11-3-5-14-10(8,11)6-7/h7-8H,2-6H2,1H3/t7-,8-,10+/m0/s1. The van der Waals surface area contributed by atoms with Gasteiger partial charge in [-0.15, -0.1) is 11.8 Å². The van der Waals surface area contributed by atoms with Gasteiger partial charge in [0.1, 0.15) is 4.87 Å². The monoisotopic (exact) mass is 213 g/mol. The molecule has 0 aromatic heterocycles. The Labute approximate surface area is 88.2 Å². The highest BCUT2D eigenvalue weighted by atomic mass is 32.2. The Morgan fingerprint density at radius 1 is 1.64 bits per heavy atom. The lowest BCUT2D eigenvalue weighted by molar-refractivity contribution is -0.174. The topological polar surface area (TPSA) is 29.5 Å². The molecule has 3 rings (SSSR count). The summed E-state index contributed by atoms with van der Waals surface area (Å²) in [6.45, 7) is 3.95. The molecule has 1 spiro atoms. The highest BCUT2D eigenvalue weighted by Crippen LogP contribution is 2.53. The molecule has 14 heavy (non-hydrogen) atoms. The molecular weight excluding hydrogens is 198 g/mol. The number of nitrogens with zero attached hydrogens (tertiary/aromatic N) is 1. The molecule has 3 saturated heterocycles. The minimum Gasteiger partial charge on any atom is -0.365 e. The van der Waals surface area contributed by atoms with Crippen molar-refractivity contribution >= 4 is 17.7 Å². The number of carbonyl (C=O) groups is 1. The first-order valence-electron chi connectivity index (χ1n) is 5.31. The highest BCUT2D eigenvalue weighted by molar-refractivity contribution is 8.01. The molecule has 3 atom stereocenters. The number of rotatable bonds is 0. The lowest BCUT2D eigenvalue weighted by Crippen LogP contribution is -2.70. The molecule has 0 aliphatic carbocycles. The molecule has 0 aromatic rings. The number of thioether (sulfide) groups is 1. The molecule has 0 N–H and O–H groups in total. The maximum Gasteiger partial charge on any atom is 0.256 e. The van der Waals surface area contributed by atoms with E-state index in [9.17, 15) is 4.79 Å². The third-order valence-corrected chi connectivity index (χ3v) is 5.05. The first-order chi connectivity index (χ1) is 6.74. The Kier molecular flexibility index (Phi) is 1.86. The van der Waals surface area contributed by atoms with Crippen LogP contribution in [-0.2, 0) is 9.53 Å². The van der Waals surface area contributed by atoms with Crippen molar-refractivity contribution in [2.75, 3.05) is 18.9 Å². The van der Waals surface area contributed by atoms with E-state index in [1.807, 2.05) is 16.7 Å². The van der Waals surface area contributed by atoms with Crippen LogP contribution < -0.4 is 0 Å². The minimum atomic E-state index is -0.125. The van der Waals surface area contributed by atoms with Gasteiger partial charge in [0.05, 0.1) is 0 Å². The van der Waals surface area contributed by atoms with E-state index in [-0.39, 0.29) is 16.9 Å². The molecule has 3 nitrogen and oxygen atoms in total. The first kappa shape index (κ1) is 9.04. The summed E-state index contributed by atoms with van der Waals surface area (Å²) < 4.78 is 5.68. The quantitative estimate of drug-likeness (QED) is 0.564. The second kappa shape index (κ2) is 2.89. The normalized spacial score (nSPS) is 46.6. The molecule has 4 heteroatoms. The average molecular weight is 213 g/mol. The van der Waals surface area contributed by atoms with Crippen LogP contribution in [0.2, 0.25) is 0 Å². The molecule has 0 aromatic carbocycles. The van der Waals surface area contributed by atoms with Crippen LogP contribution in [-0.4, -0.2) is 40.7 Å². The number of hydrogen-bond donors (Lipinski definition) is 0. The Hall–Kier alpha value is -0.220. The Bertz CT molecular complexity index is 283. The summed E-state index contributed by atoms with van der Waals surface area (Å²) in [6, 6.07) is 0. The number of carbonyl (C=O) groups excluding carboxylic acids is 1. The summed E-state index contributed by atoms with van der Waals surface area (Å²) in [4.78, 5) is 13.8. The fourth-order valence-corrected chi connectivity index (χ4v) is 4.52. The molecule has 3 aliphatic rings. The van der Waals surface area contributed by atoms with E-state index in [0.29, 0.717) is 5.92 Å². The Morgan fingerprint density at radius 2 is 2.50 bits per heavy atom. The van der Waals surface area contributed by atoms with E-state index >= 15 is 0 Å². The largest absolute Gasteiger partial charge is 0.365 e. The first-order valence-corrected chi connectivity index (χ1v) is 6.30. The lowest BCUT2D eigenvalue weighted by atomic mass is 9.88.